The topological polar surface area (TPSA) is 169 Å². The van der Waals surface area contributed by atoms with Gasteiger partial charge in [0, 0.05) is 42.9 Å². The third-order valence-electron chi connectivity index (χ3n) is 3.70. The molecule has 2 rings (SSSR count). The van der Waals surface area contributed by atoms with Crippen molar-refractivity contribution in [2.45, 2.75) is 0 Å². The molecule has 0 atom stereocenters. The SMILES string of the molecule is O=C(CNCCNc1ccc([N+](=O)[O-])cc1Cl)NNC(=O)c1cccc([N+](=O)[O-])c1. The summed E-state index contributed by atoms with van der Waals surface area (Å²) in [6.07, 6.45) is 0. The van der Waals surface area contributed by atoms with E-state index in [9.17, 15) is 29.8 Å². The lowest BCUT2D eigenvalue weighted by Gasteiger charge is -2.10. The van der Waals surface area contributed by atoms with Gasteiger partial charge in [-0.2, -0.15) is 0 Å². The van der Waals surface area contributed by atoms with Crippen molar-refractivity contribution in [3.63, 3.8) is 0 Å². The fraction of sp³-hybridized carbons (Fsp3) is 0.176. The number of carbonyl (C=O) groups is 2. The molecule has 0 radical (unpaired) electrons. The molecule has 13 heteroatoms. The second-order valence-corrected chi connectivity index (χ2v) is 6.24. The number of hydrogen-bond donors (Lipinski definition) is 4. The van der Waals surface area contributed by atoms with E-state index in [0.29, 0.717) is 18.8 Å². The Balaban J connectivity index is 1.68. The minimum absolute atomic E-state index is 0.0293. The highest BCUT2D eigenvalue weighted by atomic mass is 35.5. The number of hydrazine groups is 1. The zero-order valence-corrected chi connectivity index (χ0v) is 16.1. The number of hydrogen-bond acceptors (Lipinski definition) is 8. The maximum Gasteiger partial charge on any atom is 0.271 e. The summed E-state index contributed by atoms with van der Waals surface area (Å²) >= 11 is 5.96. The van der Waals surface area contributed by atoms with E-state index in [4.69, 9.17) is 11.6 Å². The molecule has 4 N–H and O–H groups in total. The third kappa shape index (κ3) is 6.68. The van der Waals surface area contributed by atoms with Crippen LogP contribution in [0.15, 0.2) is 42.5 Å². The van der Waals surface area contributed by atoms with E-state index < -0.39 is 21.7 Å². The van der Waals surface area contributed by atoms with Gasteiger partial charge in [0.25, 0.3) is 23.2 Å². The predicted molar refractivity (Wildman–Crippen MR) is 108 cm³/mol. The van der Waals surface area contributed by atoms with Crippen LogP contribution in [0.4, 0.5) is 17.1 Å². The Morgan fingerprint density at radius 2 is 1.63 bits per heavy atom. The Bertz CT molecular complexity index is 970. The van der Waals surface area contributed by atoms with Gasteiger partial charge in [-0.3, -0.25) is 40.7 Å². The second kappa shape index (κ2) is 10.7. The van der Waals surface area contributed by atoms with E-state index in [-0.39, 0.29) is 28.5 Å². The van der Waals surface area contributed by atoms with Crippen LogP contribution in [0.2, 0.25) is 5.02 Å². The number of nitrogens with one attached hydrogen (secondary N) is 4. The van der Waals surface area contributed by atoms with E-state index >= 15 is 0 Å². The normalized spacial score (nSPS) is 10.2. The number of nitro benzene ring substituents is 2. The van der Waals surface area contributed by atoms with Crippen molar-refractivity contribution in [3.8, 4) is 0 Å². The zero-order valence-electron chi connectivity index (χ0n) is 15.4. The van der Waals surface area contributed by atoms with E-state index in [2.05, 4.69) is 21.5 Å². The van der Waals surface area contributed by atoms with Crippen molar-refractivity contribution in [3.05, 3.63) is 73.3 Å². The molecule has 0 fully saturated rings. The first kappa shape index (κ1) is 22.5. The van der Waals surface area contributed by atoms with Gasteiger partial charge in [0.2, 0.25) is 0 Å². The Hall–Kier alpha value is -3.77. The number of benzene rings is 2. The molecule has 0 aliphatic rings. The lowest BCUT2D eigenvalue weighted by molar-refractivity contribution is -0.385. The average molecular weight is 437 g/mol. The van der Waals surface area contributed by atoms with Crippen LogP contribution in [0, 0.1) is 20.2 Å². The van der Waals surface area contributed by atoms with Gasteiger partial charge >= 0.3 is 0 Å². The minimum Gasteiger partial charge on any atom is -0.383 e. The number of halogens is 1. The molecule has 158 valence electrons. The minimum atomic E-state index is -0.693. The molecular weight excluding hydrogens is 420 g/mol. The fourth-order valence-electron chi connectivity index (χ4n) is 2.25. The molecule has 0 spiro atoms. The van der Waals surface area contributed by atoms with Crippen molar-refractivity contribution < 1.29 is 19.4 Å². The van der Waals surface area contributed by atoms with Gasteiger partial charge in [0.1, 0.15) is 0 Å². The van der Waals surface area contributed by atoms with Crippen LogP contribution in [0.5, 0.6) is 0 Å². The Kier molecular flexibility index (Phi) is 8.02. The summed E-state index contributed by atoms with van der Waals surface area (Å²) in [7, 11) is 0. The number of non-ortho nitro benzene ring substituents is 2. The van der Waals surface area contributed by atoms with Gasteiger partial charge in [-0.1, -0.05) is 17.7 Å². The van der Waals surface area contributed by atoms with Crippen LogP contribution >= 0.6 is 11.6 Å². The maximum absolute atomic E-state index is 11.9. The highest BCUT2D eigenvalue weighted by Crippen LogP contribution is 2.26. The first-order chi connectivity index (χ1) is 14.3. The molecule has 0 saturated carbocycles. The summed E-state index contributed by atoms with van der Waals surface area (Å²) in [5.74, 6) is -1.22. The molecule has 0 saturated heterocycles. The fourth-order valence-corrected chi connectivity index (χ4v) is 2.49. The smallest absolute Gasteiger partial charge is 0.271 e. The van der Waals surface area contributed by atoms with Gasteiger partial charge in [-0.15, -0.1) is 0 Å². The number of carbonyl (C=O) groups excluding carboxylic acids is 2. The lowest BCUT2D eigenvalue weighted by Crippen LogP contribution is -2.45. The van der Waals surface area contributed by atoms with Gasteiger partial charge in [0.15, 0.2) is 0 Å². The van der Waals surface area contributed by atoms with Crippen molar-refractivity contribution in [1.82, 2.24) is 16.2 Å². The monoisotopic (exact) mass is 436 g/mol. The highest BCUT2D eigenvalue weighted by molar-refractivity contribution is 6.33. The third-order valence-corrected chi connectivity index (χ3v) is 4.01. The van der Waals surface area contributed by atoms with Crippen LogP contribution in [0.25, 0.3) is 0 Å². The molecular formula is C17H17ClN6O6. The molecule has 0 unspecified atom stereocenters. The number of nitrogens with zero attached hydrogens (tertiary/aromatic N) is 2. The van der Waals surface area contributed by atoms with Gasteiger partial charge in [-0.05, 0) is 12.1 Å². The Labute approximate surface area is 174 Å². The van der Waals surface area contributed by atoms with E-state index in [1.807, 2.05) is 0 Å². The first-order valence-electron chi connectivity index (χ1n) is 8.50. The summed E-state index contributed by atoms with van der Waals surface area (Å²) in [5.41, 5.74) is 4.54. The van der Waals surface area contributed by atoms with Crippen molar-refractivity contribution >= 4 is 40.5 Å². The molecule has 0 aliphatic carbocycles. The number of anilines is 1. The van der Waals surface area contributed by atoms with Gasteiger partial charge in [0.05, 0.1) is 27.1 Å². The summed E-state index contributed by atoms with van der Waals surface area (Å²) in [6, 6.07) is 9.11. The van der Waals surface area contributed by atoms with Gasteiger partial charge in [-0.25, -0.2) is 0 Å². The lowest BCUT2D eigenvalue weighted by atomic mass is 10.2. The number of nitro groups is 2. The van der Waals surface area contributed by atoms with E-state index in [1.54, 1.807) is 0 Å². The van der Waals surface area contributed by atoms with Crippen molar-refractivity contribution in [2.24, 2.45) is 0 Å². The Morgan fingerprint density at radius 1 is 0.933 bits per heavy atom. The highest BCUT2D eigenvalue weighted by Gasteiger charge is 2.12. The van der Waals surface area contributed by atoms with Crippen LogP contribution in [0.3, 0.4) is 0 Å². The molecule has 30 heavy (non-hydrogen) atoms. The molecule has 0 bridgehead atoms. The van der Waals surface area contributed by atoms with Crippen LogP contribution in [-0.4, -0.2) is 41.3 Å². The Morgan fingerprint density at radius 3 is 2.30 bits per heavy atom. The average Bonchev–Trinajstić information content (AvgIpc) is 2.72. The summed E-state index contributed by atoms with van der Waals surface area (Å²) in [4.78, 5) is 43.9. The quantitative estimate of drug-likeness (QED) is 0.261. The van der Waals surface area contributed by atoms with Crippen LogP contribution < -0.4 is 21.5 Å². The molecule has 0 aromatic heterocycles. The van der Waals surface area contributed by atoms with Crippen molar-refractivity contribution in [2.75, 3.05) is 25.0 Å². The zero-order chi connectivity index (χ0) is 22.1. The standard InChI is InChI=1S/C17H17ClN6O6/c18-14-9-13(24(29)30)4-5-15(14)20-7-6-19-10-16(25)21-22-17(26)11-2-1-3-12(8-11)23(27)28/h1-5,8-9,19-20H,6-7,10H2,(H,21,25)(H,22,26). The molecule has 12 nitrogen and oxygen atoms in total. The van der Waals surface area contributed by atoms with Crippen LogP contribution in [0.1, 0.15) is 10.4 Å². The first-order valence-corrected chi connectivity index (χ1v) is 8.88. The van der Waals surface area contributed by atoms with E-state index in [0.717, 1.165) is 6.07 Å². The summed E-state index contributed by atoms with van der Waals surface area (Å²) in [6.45, 7) is 0.634. The molecule has 2 aromatic rings. The second-order valence-electron chi connectivity index (χ2n) is 5.83. The van der Waals surface area contributed by atoms with Crippen molar-refractivity contribution in [1.29, 1.82) is 0 Å². The maximum atomic E-state index is 11.9. The van der Waals surface area contributed by atoms with E-state index in [1.165, 1.54) is 36.4 Å². The summed E-state index contributed by atoms with van der Waals surface area (Å²) < 4.78 is 0. The summed E-state index contributed by atoms with van der Waals surface area (Å²) in [5, 5.41) is 27.4. The van der Waals surface area contributed by atoms with Crippen LogP contribution in [-0.2, 0) is 4.79 Å². The molecule has 0 heterocycles. The molecule has 2 aromatic carbocycles. The number of amides is 2. The molecule has 2 amide bonds. The van der Waals surface area contributed by atoms with Gasteiger partial charge < -0.3 is 10.6 Å². The largest absolute Gasteiger partial charge is 0.383 e. The predicted octanol–water partition coefficient (Wildman–Crippen LogP) is 1.62. The number of rotatable bonds is 9. The molecule has 0 aliphatic heterocycles.